The van der Waals surface area contributed by atoms with Crippen molar-refractivity contribution in [2.24, 2.45) is 23.5 Å². The molecule has 3 heterocycles. The first-order valence-corrected chi connectivity index (χ1v) is 17.3. The number of fused-ring (bicyclic) bond motifs is 2. The predicted molar refractivity (Wildman–Crippen MR) is 187 cm³/mol. The molecule has 7 rings (SSSR count). The summed E-state index contributed by atoms with van der Waals surface area (Å²) in [4.78, 5) is 54.5. The van der Waals surface area contributed by atoms with Crippen LogP contribution in [-0.4, -0.2) is 70.4 Å². The predicted octanol–water partition coefficient (Wildman–Crippen LogP) is 3.93. The molecule has 4 amide bonds. The molecule has 3 fully saturated rings. The molecule has 11 heteroatoms. The molecule has 3 aliphatic rings. The van der Waals surface area contributed by atoms with Crippen LogP contribution in [0.25, 0.3) is 22.0 Å². The third-order valence-corrected chi connectivity index (χ3v) is 10.7. The number of likely N-dealkylation sites (tertiary alicyclic amines) is 1. The summed E-state index contributed by atoms with van der Waals surface area (Å²) in [5.41, 5.74) is 11.7. The number of nitrogens with one attached hydrogen (secondary N) is 4. The van der Waals surface area contributed by atoms with Gasteiger partial charge in [-0.3, -0.25) is 24.3 Å². The molecule has 0 radical (unpaired) electrons. The first-order chi connectivity index (χ1) is 23.8. The number of carbonyl (C=O) groups excluding carboxylic acids is 4. The molecule has 1 aromatic heterocycles. The summed E-state index contributed by atoms with van der Waals surface area (Å²) in [5, 5.41) is 16.9. The highest BCUT2D eigenvalue weighted by Crippen LogP contribution is 2.32. The standard InChI is InChI=1S/C38H43N7O4/c1-22-16-27(38(49)45-15-14-29-20-40-37(48)34(29)45)11-13-31(22)25-6-2-23(3-7-25)17-33(43-35(46)26-8-4-24(19-39)5-9-26)36(47)42-30-12-10-28-21-41-44-32(28)18-30/h2-3,6-7,10-13,16,18,21,24,26,29,33-34H,4-5,8-9,14-15,17,19-20,39H2,1H3,(H,40,48)(H,41,44)(H,42,47)(H,43,46)/t24?,26?,29?,33-,34?/m0/s1. The summed E-state index contributed by atoms with van der Waals surface area (Å²) in [6.45, 7) is 3.85. The monoisotopic (exact) mass is 661 g/mol. The van der Waals surface area contributed by atoms with Gasteiger partial charge in [0.05, 0.1) is 11.7 Å². The van der Waals surface area contributed by atoms with Crippen LogP contribution in [0.3, 0.4) is 0 Å². The molecule has 3 atom stereocenters. The van der Waals surface area contributed by atoms with Gasteiger partial charge in [-0.1, -0.05) is 30.3 Å². The second-order valence-electron chi connectivity index (χ2n) is 13.8. The number of nitrogens with zero attached hydrogens (tertiary/aromatic N) is 2. The number of amides is 4. The molecule has 254 valence electrons. The average Bonchev–Trinajstić information content (AvgIpc) is 3.86. The fraction of sp³-hybridized carbons (Fsp3) is 0.395. The fourth-order valence-corrected chi connectivity index (χ4v) is 7.74. The Hall–Kier alpha value is -5.03. The molecule has 2 unspecified atom stereocenters. The highest BCUT2D eigenvalue weighted by Gasteiger charge is 2.45. The lowest BCUT2D eigenvalue weighted by atomic mass is 9.81. The first-order valence-electron chi connectivity index (χ1n) is 17.3. The van der Waals surface area contributed by atoms with Gasteiger partial charge in [-0.2, -0.15) is 5.10 Å². The van der Waals surface area contributed by atoms with Crippen molar-refractivity contribution in [3.05, 3.63) is 83.6 Å². The summed E-state index contributed by atoms with van der Waals surface area (Å²) in [7, 11) is 0. The Morgan fingerprint density at radius 3 is 2.55 bits per heavy atom. The maximum absolute atomic E-state index is 13.7. The van der Waals surface area contributed by atoms with Crippen molar-refractivity contribution in [2.75, 3.05) is 25.0 Å². The van der Waals surface area contributed by atoms with Crippen LogP contribution in [0.4, 0.5) is 5.69 Å². The van der Waals surface area contributed by atoms with Gasteiger partial charge in [0.15, 0.2) is 0 Å². The molecule has 49 heavy (non-hydrogen) atoms. The lowest BCUT2D eigenvalue weighted by Crippen LogP contribution is -2.48. The molecular formula is C38H43N7O4. The van der Waals surface area contributed by atoms with E-state index in [0.29, 0.717) is 43.2 Å². The molecule has 11 nitrogen and oxygen atoms in total. The minimum Gasteiger partial charge on any atom is -0.354 e. The largest absolute Gasteiger partial charge is 0.354 e. The summed E-state index contributed by atoms with van der Waals surface area (Å²) >= 11 is 0. The Labute approximate surface area is 285 Å². The Morgan fingerprint density at radius 1 is 1.00 bits per heavy atom. The minimum absolute atomic E-state index is 0.0613. The van der Waals surface area contributed by atoms with Gasteiger partial charge in [0.1, 0.15) is 12.1 Å². The second-order valence-corrected chi connectivity index (χ2v) is 13.8. The number of aromatic nitrogens is 2. The van der Waals surface area contributed by atoms with Gasteiger partial charge in [-0.05, 0) is 104 Å². The Morgan fingerprint density at radius 2 is 1.80 bits per heavy atom. The number of benzene rings is 3. The van der Waals surface area contributed by atoms with Crippen LogP contribution in [-0.2, 0) is 20.8 Å². The normalized spacial score (nSPS) is 22.4. The van der Waals surface area contributed by atoms with E-state index >= 15 is 0 Å². The van der Waals surface area contributed by atoms with Gasteiger partial charge in [-0.15, -0.1) is 0 Å². The topological polar surface area (TPSA) is 162 Å². The SMILES string of the molecule is Cc1cc(C(=O)N2CCC3CNC(=O)C32)ccc1-c1ccc(C[C@H](NC(=O)C2CCC(CN)CC2)C(=O)Nc2ccc3cn[nH]c3c2)cc1. The first kappa shape index (κ1) is 32.5. The highest BCUT2D eigenvalue weighted by molar-refractivity contribution is 6.00. The van der Waals surface area contributed by atoms with Gasteiger partial charge < -0.3 is 26.6 Å². The molecule has 4 aromatic rings. The van der Waals surface area contributed by atoms with Crippen molar-refractivity contribution in [2.45, 2.75) is 57.5 Å². The molecule has 1 aliphatic carbocycles. The Bertz CT molecular complexity index is 1880. The number of rotatable bonds is 9. The van der Waals surface area contributed by atoms with E-state index in [2.05, 4.69) is 26.1 Å². The molecular weight excluding hydrogens is 618 g/mol. The summed E-state index contributed by atoms with van der Waals surface area (Å²) in [6.07, 6.45) is 6.25. The summed E-state index contributed by atoms with van der Waals surface area (Å²) in [5.74, 6) is -0.0556. The van der Waals surface area contributed by atoms with Gasteiger partial charge in [0.25, 0.3) is 5.91 Å². The van der Waals surface area contributed by atoms with Crippen molar-refractivity contribution < 1.29 is 19.2 Å². The second kappa shape index (κ2) is 13.8. The zero-order valence-electron chi connectivity index (χ0n) is 27.7. The van der Waals surface area contributed by atoms with Crippen LogP contribution >= 0.6 is 0 Å². The van der Waals surface area contributed by atoms with E-state index in [4.69, 9.17) is 5.73 Å². The Balaban J connectivity index is 1.05. The van der Waals surface area contributed by atoms with Gasteiger partial charge in [0.2, 0.25) is 17.7 Å². The molecule has 0 bridgehead atoms. The van der Waals surface area contributed by atoms with Gasteiger partial charge in [0, 0.05) is 48.0 Å². The zero-order valence-corrected chi connectivity index (χ0v) is 27.7. The third-order valence-electron chi connectivity index (χ3n) is 10.7. The number of hydrogen-bond acceptors (Lipinski definition) is 6. The van der Waals surface area contributed by atoms with E-state index in [1.54, 1.807) is 11.1 Å². The zero-order chi connectivity index (χ0) is 34.1. The molecule has 1 saturated carbocycles. The van der Waals surface area contributed by atoms with Crippen molar-refractivity contribution >= 4 is 40.2 Å². The Kier molecular flexibility index (Phi) is 9.18. The maximum atomic E-state index is 13.7. The summed E-state index contributed by atoms with van der Waals surface area (Å²) in [6, 6.07) is 18.0. The van der Waals surface area contributed by atoms with Crippen molar-refractivity contribution in [1.82, 2.24) is 25.7 Å². The van der Waals surface area contributed by atoms with Crippen LogP contribution in [0.2, 0.25) is 0 Å². The van der Waals surface area contributed by atoms with Crippen molar-refractivity contribution in [3.8, 4) is 11.1 Å². The van der Waals surface area contributed by atoms with Crippen LogP contribution in [0, 0.1) is 24.7 Å². The lowest BCUT2D eigenvalue weighted by molar-refractivity contribution is -0.130. The third kappa shape index (κ3) is 6.80. The van der Waals surface area contributed by atoms with Crippen LogP contribution in [0.1, 0.15) is 53.6 Å². The quantitative estimate of drug-likeness (QED) is 0.183. The average molecular weight is 662 g/mol. The molecule has 0 spiro atoms. The van der Waals surface area contributed by atoms with E-state index in [1.165, 1.54) is 0 Å². The van der Waals surface area contributed by atoms with Crippen molar-refractivity contribution in [1.29, 1.82) is 0 Å². The molecule has 6 N–H and O–H groups in total. The van der Waals surface area contributed by atoms with E-state index in [-0.39, 0.29) is 41.5 Å². The van der Waals surface area contributed by atoms with Crippen LogP contribution in [0.15, 0.2) is 66.9 Å². The number of anilines is 1. The number of H-pyrrole nitrogens is 1. The highest BCUT2D eigenvalue weighted by atomic mass is 16.2. The van der Waals surface area contributed by atoms with Gasteiger partial charge in [-0.25, -0.2) is 0 Å². The van der Waals surface area contributed by atoms with Crippen LogP contribution < -0.4 is 21.7 Å². The number of aromatic amines is 1. The number of nitrogens with two attached hydrogens (primary N) is 1. The van der Waals surface area contributed by atoms with E-state index in [9.17, 15) is 19.2 Å². The molecule has 2 saturated heterocycles. The molecule has 2 aliphatic heterocycles. The maximum Gasteiger partial charge on any atom is 0.254 e. The van der Waals surface area contributed by atoms with E-state index < -0.39 is 6.04 Å². The van der Waals surface area contributed by atoms with Crippen molar-refractivity contribution in [3.63, 3.8) is 0 Å². The smallest absolute Gasteiger partial charge is 0.254 e. The van der Waals surface area contributed by atoms with Crippen LogP contribution in [0.5, 0.6) is 0 Å². The van der Waals surface area contributed by atoms with E-state index in [0.717, 1.165) is 65.3 Å². The molecule has 3 aromatic carbocycles. The lowest BCUT2D eigenvalue weighted by Gasteiger charge is -2.28. The number of carbonyl (C=O) groups is 4. The summed E-state index contributed by atoms with van der Waals surface area (Å²) < 4.78 is 0. The minimum atomic E-state index is -0.776. The number of hydrogen-bond donors (Lipinski definition) is 5. The fourth-order valence-electron chi connectivity index (χ4n) is 7.74. The number of aryl methyl sites for hydroxylation is 1. The van der Waals surface area contributed by atoms with E-state index in [1.807, 2.05) is 67.6 Å². The van der Waals surface area contributed by atoms with Gasteiger partial charge >= 0.3 is 0 Å².